The van der Waals surface area contributed by atoms with Crippen molar-refractivity contribution in [2.24, 2.45) is 11.8 Å². The van der Waals surface area contributed by atoms with Gasteiger partial charge in [0.15, 0.2) is 46.0 Å². The lowest BCUT2D eigenvalue weighted by molar-refractivity contribution is -0.166. The Morgan fingerprint density at radius 2 is 0.660 bits per heavy atom. The number of rotatable bonds is 30. The van der Waals surface area contributed by atoms with Gasteiger partial charge in [-0.3, -0.25) is 9.59 Å². The van der Waals surface area contributed by atoms with Crippen molar-refractivity contribution in [2.45, 2.75) is 208 Å². The van der Waals surface area contributed by atoms with Gasteiger partial charge in [-0.2, -0.15) is 0 Å². The molecule has 11 aliphatic rings. The van der Waals surface area contributed by atoms with Crippen LogP contribution in [0.5, 0.6) is 46.0 Å². The molecule has 20 nitrogen and oxygen atoms in total. The van der Waals surface area contributed by atoms with Gasteiger partial charge < -0.3 is 86.0 Å². The third-order valence-electron chi connectivity index (χ3n) is 21.7. The number of carbonyl (C=O) groups excluding carboxylic acids is 2. The van der Waals surface area contributed by atoms with E-state index in [1.807, 2.05) is 6.92 Å². The molecule has 97 heavy (non-hydrogen) atoms. The molecule has 0 bridgehead atoms. The van der Waals surface area contributed by atoms with Crippen LogP contribution in [-0.2, 0) is 80.0 Å². The predicted octanol–water partition coefficient (Wildman–Crippen LogP) is 10.1. The molecule has 4 aromatic rings. The molecule has 1 saturated carbocycles. The van der Waals surface area contributed by atoms with E-state index < -0.39 is 36.0 Å². The average molecular weight is 1350 g/mol. The molecule has 15 rings (SSSR count). The quantitative estimate of drug-likeness (QED) is 0.0364. The van der Waals surface area contributed by atoms with E-state index in [1.54, 1.807) is 7.11 Å². The van der Waals surface area contributed by atoms with Crippen LogP contribution in [0.4, 0.5) is 0 Å². The van der Waals surface area contributed by atoms with Gasteiger partial charge in [-0.1, -0.05) is 81.6 Å². The standard InChI is InChI=1S/C46H62O13.C31H38O7/c1-6-9-27(47)16-58-42(49)32-10-7-8-11-33(32)43(50)59-18-28(48)17-54-38-12-34-36(14-40(38)56-23-30-20-52-30)46(25-44(34,2)3)26-45(4,5)35-13-39(55-22-29-19-51-29)41(15-37(35)46)57-24-31-21-53-31;1-29(2)16-31(23-8-25(32-5)26(6-21(23)29)36-13-18-10-33-18)17-30(3,4)22-7-27(37-14-19-11-34-19)28(9-24(22)31)38-15-20-12-35-20/h12-15,27-33,47-48H,6-11,16-26H2,1-5H3;6-9,18-20H,10-17H2,1-5H3. The Hall–Kier alpha value is -6.10. The summed E-state index contributed by atoms with van der Waals surface area (Å²) in [5, 5.41) is 21.1. The Morgan fingerprint density at radius 1 is 0.402 bits per heavy atom. The monoisotopic (exact) mass is 1340 g/mol. The Kier molecular flexibility index (Phi) is 18.8. The Morgan fingerprint density at radius 3 is 0.938 bits per heavy atom. The third kappa shape index (κ3) is 14.8. The van der Waals surface area contributed by atoms with Crippen molar-refractivity contribution in [3.8, 4) is 46.0 Å². The number of methoxy groups -OCH3 is 1. The van der Waals surface area contributed by atoms with Gasteiger partial charge in [0.2, 0.25) is 0 Å². The van der Waals surface area contributed by atoms with Crippen molar-refractivity contribution in [1.82, 2.24) is 0 Å². The van der Waals surface area contributed by atoms with Crippen LogP contribution in [0.3, 0.4) is 0 Å². The summed E-state index contributed by atoms with van der Waals surface area (Å²) in [5.74, 6) is 3.32. The highest BCUT2D eigenvalue weighted by atomic mass is 16.6. The van der Waals surface area contributed by atoms with Crippen LogP contribution in [0.2, 0.25) is 0 Å². The molecule has 6 aliphatic heterocycles. The first-order chi connectivity index (χ1) is 46.4. The van der Waals surface area contributed by atoms with Crippen LogP contribution >= 0.6 is 0 Å². The molecule has 6 heterocycles. The van der Waals surface area contributed by atoms with Crippen molar-refractivity contribution in [1.29, 1.82) is 0 Å². The van der Waals surface area contributed by atoms with Gasteiger partial charge >= 0.3 is 11.9 Å². The van der Waals surface area contributed by atoms with E-state index in [-0.39, 0.29) is 88.9 Å². The first kappa shape index (κ1) is 68.1. The molecule has 6 saturated heterocycles. The van der Waals surface area contributed by atoms with Gasteiger partial charge in [0.1, 0.15) is 102 Å². The highest BCUT2D eigenvalue weighted by molar-refractivity contribution is 5.82. The number of epoxide rings is 6. The van der Waals surface area contributed by atoms with Crippen LogP contribution in [0, 0.1) is 11.8 Å². The molecule has 0 amide bonds. The van der Waals surface area contributed by atoms with Gasteiger partial charge in [-0.25, -0.2) is 0 Å². The average Bonchev–Trinajstić information content (AvgIpc) is 1.53. The number of ether oxygens (including phenoxy) is 16. The van der Waals surface area contributed by atoms with E-state index in [4.69, 9.17) is 75.8 Å². The van der Waals surface area contributed by atoms with Crippen molar-refractivity contribution < 1.29 is 95.6 Å². The van der Waals surface area contributed by atoms with Crippen molar-refractivity contribution in [3.63, 3.8) is 0 Å². The SMILES string of the molecule is CCCC(O)COC(=O)C1CCCCC1C(=O)OCC(O)COc1cc2c(cc1OCC1CO1)C1(CC2(C)C)CC(C)(C)c2cc(OCC3CO3)c(OCC3CO3)cc21.COc1cc2c(cc1OCC1CO1)C(C)(C)CC21CC(C)(C)c2cc(OCC3CO3)c(OCC3CO3)cc21. The fourth-order valence-corrected chi connectivity index (χ4v) is 16.6. The van der Waals surface area contributed by atoms with E-state index in [0.29, 0.717) is 96.0 Å². The maximum Gasteiger partial charge on any atom is 0.309 e. The lowest BCUT2D eigenvalue weighted by Gasteiger charge is -2.31. The van der Waals surface area contributed by atoms with Gasteiger partial charge in [0.05, 0.1) is 64.7 Å². The topological polar surface area (TPSA) is 242 Å². The van der Waals surface area contributed by atoms with Gasteiger partial charge in [-0.05, 0) is 160 Å². The largest absolute Gasteiger partial charge is 0.493 e. The third-order valence-corrected chi connectivity index (χ3v) is 21.7. The molecule has 5 aliphatic carbocycles. The van der Waals surface area contributed by atoms with Crippen molar-refractivity contribution >= 4 is 11.9 Å². The minimum atomic E-state index is -1.13. The van der Waals surface area contributed by atoms with Crippen molar-refractivity contribution in [3.05, 3.63) is 93.0 Å². The summed E-state index contributed by atoms with van der Waals surface area (Å²) in [6, 6.07) is 17.5. The summed E-state index contributed by atoms with van der Waals surface area (Å²) in [6.45, 7) is 27.2. The van der Waals surface area contributed by atoms with E-state index in [1.165, 1.54) is 38.9 Å². The lowest BCUT2D eigenvalue weighted by Crippen LogP contribution is -2.37. The Bertz CT molecular complexity index is 3550. The van der Waals surface area contributed by atoms with E-state index in [0.717, 1.165) is 99.1 Å². The minimum absolute atomic E-state index is 0.00886. The molecule has 528 valence electrons. The number of hydrogen-bond acceptors (Lipinski definition) is 20. The number of aliphatic hydroxyl groups is 2. The zero-order valence-corrected chi connectivity index (χ0v) is 58.3. The Labute approximate surface area is 570 Å². The number of benzene rings is 4. The number of hydrogen-bond donors (Lipinski definition) is 2. The lowest BCUT2D eigenvalue weighted by atomic mass is 9.72. The summed E-state index contributed by atoms with van der Waals surface area (Å²) in [7, 11) is 1.72. The maximum atomic E-state index is 13.3. The molecule has 12 atom stereocenters. The zero-order valence-electron chi connectivity index (χ0n) is 58.3. The zero-order chi connectivity index (χ0) is 67.8. The molecule has 4 aromatic carbocycles. The van der Waals surface area contributed by atoms with Crippen molar-refractivity contribution in [2.75, 3.05) is 106 Å². The van der Waals surface area contributed by atoms with Gasteiger partial charge in [0, 0.05) is 10.8 Å². The fourth-order valence-electron chi connectivity index (χ4n) is 16.6. The van der Waals surface area contributed by atoms with Crippen LogP contribution in [0.1, 0.15) is 171 Å². The Balaban J connectivity index is 0.000000182. The molecule has 20 heteroatoms. The molecular weight excluding hydrogens is 1240 g/mol. The maximum absolute atomic E-state index is 13.3. The second-order valence-corrected chi connectivity index (χ2v) is 31.8. The molecule has 7 fully saturated rings. The summed E-state index contributed by atoms with van der Waals surface area (Å²) in [5.41, 5.74) is 9.11. The number of fused-ring (bicyclic) bond motifs is 8. The summed E-state index contributed by atoms with van der Waals surface area (Å²) in [6.07, 6.45) is 6.54. The van der Waals surface area contributed by atoms with E-state index in [2.05, 4.69) is 104 Å². The summed E-state index contributed by atoms with van der Waals surface area (Å²) < 4.78 is 93.7. The van der Waals surface area contributed by atoms with E-state index >= 15 is 0 Å². The van der Waals surface area contributed by atoms with Crippen LogP contribution in [-0.4, -0.2) is 177 Å². The molecule has 2 N–H and O–H groups in total. The van der Waals surface area contributed by atoms with Crippen LogP contribution in [0.25, 0.3) is 0 Å². The molecule has 0 aromatic heterocycles. The molecular formula is C77H100O20. The second kappa shape index (κ2) is 26.8. The predicted molar refractivity (Wildman–Crippen MR) is 356 cm³/mol. The molecule has 12 unspecified atom stereocenters. The molecule has 2 spiro atoms. The second-order valence-electron chi connectivity index (χ2n) is 31.8. The number of aliphatic hydroxyl groups excluding tert-OH is 2. The smallest absolute Gasteiger partial charge is 0.309 e. The number of carbonyl (C=O) groups is 2. The number of esters is 2. The normalized spacial score (nSPS) is 29.5. The summed E-state index contributed by atoms with van der Waals surface area (Å²) >= 11 is 0. The highest BCUT2D eigenvalue weighted by Gasteiger charge is 2.59. The van der Waals surface area contributed by atoms with Crippen LogP contribution < -0.4 is 37.9 Å². The first-order valence-corrected chi connectivity index (χ1v) is 35.5. The van der Waals surface area contributed by atoms with Crippen LogP contribution in [0.15, 0.2) is 48.5 Å². The summed E-state index contributed by atoms with van der Waals surface area (Å²) in [4.78, 5) is 26.2. The molecule has 0 radical (unpaired) electrons. The highest BCUT2D eigenvalue weighted by Crippen LogP contribution is 2.67. The van der Waals surface area contributed by atoms with E-state index in [9.17, 15) is 19.8 Å². The first-order valence-electron chi connectivity index (χ1n) is 35.5. The minimum Gasteiger partial charge on any atom is -0.493 e. The fraction of sp³-hybridized carbons (Fsp3) is 0.662. The van der Waals surface area contributed by atoms with Gasteiger partial charge in [0.25, 0.3) is 0 Å². The van der Waals surface area contributed by atoms with Gasteiger partial charge in [-0.15, -0.1) is 0 Å².